The Bertz CT molecular complexity index is 1080. The number of hydrogen-bond acceptors (Lipinski definition) is 4. The highest BCUT2D eigenvalue weighted by Crippen LogP contribution is 2.44. The van der Waals surface area contributed by atoms with E-state index in [4.69, 9.17) is 10.3 Å². The predicted molar refractivity (Wildman–Crippen MR) is 111 cm³/mol. The zero-order valence-corrected chi connectivity index (χ0v) is 16.1. The quantitative estimate of drug-likeness (QED) is 0.542. The maximum Gasteiger partial charge on any atom is 0.294 e. The van der Waals surface area contributed by atoms with E-state index >= 15 is 0 Å². The SMILES string of the molecule is NC1CCC2c3ccccc3NC12.O.O=S(=O)(O)c1ccc2ccccc2c1. The van der Waals surface area contributed by atoms with E-state index in [9.17, 15) is 8.42 Å². The normalized spacial score (nSPS) is 22.3. The van der Waals surface area contributed by atoms with Gasteiger partial charge in [0.25, 0.3) is 10.1 Å². The topological polar surface area (TPSA) is 124 Å². The lowest BCUT2D eigenvalue weighted by atomic mass is 9.97. The summed E-state index contributed by atoms with van der Waals surface area (Å²) in [5.41, 5.74) is 8.81. The summed E-state index contributed by atoms with van der Waals surface area (Å²) < 4.78 is 30.5. The molecule has 0 spiro atoms. The van der Waals surface area contributed by atoms with Crippen molar-refractivity contribution >= 4 is 26.6 Å². The van der Waals surface area contributed by atoms with Crippen LogP contribution in [0.4, 0.5) is 5.69 Å². The number of nitrogens with one attached hydrogen (secondary N) is 1. The molecule has 0 amide bonds. The van der Waals surface area contributed by atoms with Gasteiger partial charge in [-0.05, 0) is 47.4 Å². The molecule has 1 heterocycles. The van der Waals surface area contributed by atoms with E-state index in [0.29, 0.717) is 18.0 Å². The summed E-state index contributed by atoms with van der Waals surface area (Å²) in [5, 5.41) is 5.26. The van der Waals surface area contributed by atoms with Gasteiger partial charge in [-0.25, -0.2) is 0 Å². The van der Waals surface area contributed by atoms with Crippen molar-refractivity contribution in [2.45, 2.75) is 35.7 Å². The maximum atomic E-state index is 10.8. The van der Waals surface area contributed by atoms with Gasteiger partial charge in [-0.2, -0.15) is 8.42 Å². The minimum atomic E-state index is -4.09. The Hall–Kier alpha value is -2.45. The Labute approximate surface area is 164 Å². The molecule has 0 bridgehead atoms. The van der Waals surface area contributed by atoms with Crippen molar-refractivity contribution in [3.63, 3.8) is 0 Å². The zero-order chi connectivity index (χ0) is 19.0. The minimum absolute atomic E-state index is 0. The van der Waals surface area contributed by atoms with Crippen LogP contribution in [0.2, 0.25) is 0 Å². The molecule has 28 heavy (non-hydrogen) atoms. The fourth-order valence-corrected chi connectivity index (χ4v) is 4.56. The van der Waals surface area contributed by atoms with E-state index in [1.807, 2.05) is 18.2 Å². The summed E-state index contributed by atoms with van der Waals surface area (Å²) in [6.45, 7) is 0. The van der Waals surface area contributed by atoms with Gasteiger partial charge in [-0.3, -0.25) is 4.55 Å². The minimum Gasteiger partial charge on any atom is -0.412 e. The average Bonchev–Trinajstić information content (AvgIpc) is 3.21. The van der Waals surface area contributed by atoms with Crippen molar-refractivity contribution in [2.75, 3.05) is 5.32 Å². The van der Waals surface area contributed by atoms with Gasteiger partial charge < -0.3 is 16.5 Å². The smallest absolute Gasteiger partial charge is 0.294 e. The van der Waals surface area contributed by atoms with Crippen LogP contribution in [0.1, 0.15) is 24.3 Å². The number of fused-ring (bicyclic) bond motifs is 4. The number of rotatable bonds is 1. The average molecular weight is 401 g/mol. The molecule has 5 rings (SSSR count). The number of anilines is 1. The predicted octanol–water partition coefficient (Wildman–Crippen LogP) is 2.95. The zero-order valence-electron chi connectivity index (χ0n) is 15.2. The molecule has 3 aromatic rings. The van der Waals surface area contributed by atoms with Gasteiger partial charge in [0.05, 0.1) is 4.90 Å². The molecular formula is C21H24N2O4S. The molecule has 2 aliphatic rings. The van der Waals surface area contributed by atoms with Crippen molar-refractivity contribution in [2.24, 2.45) is 5.73 Å². The van der Waals surface area contributed by atoms with Crippen LogP contribution in [0.3, 0.4) is 0 Å². The maximum absolute atomic E-state index is 10.8. The van der Waals surface area contributed by atoms with Crippen LogP contribution in [-0.4, -0.2) is 30.5 Å². The first-order valence-corrected chi connectivity index (χ1v) is 10.4. The van der Waals surface area contributed by atoms with Crippen molar-refractivity contribution in [3.8, 4) is 0 Å². The number of para-hydroxylation sites is 1. The molecule has 1 saturated carbocycles. The second-order valence-corrected chi connectivity index (χ2v) is 8.51. The summed E-state index contributed by atoms with van der Waals surface area (Å²) in [4.78, 5) is -0.0730. The largest absolute Gasteiger partial charge is 0.412 e. The molecule has 3 unspecified atom stereocenters. The van der Waals surface area contributed by atoms with E-state index in [-0.39, 0.29) is 10.4 Å². The van der Waals surface area contributed by atoms with Gasteiger partial charge >= 0.3 is 0 Å². The lowest BCUT2D eigenvalue weighted by Crippen LogP contribution is -2.35. The molecule has 1 aliphatic carbocycles. The van der Waals surface area contributed by atoms with Crippen LogP contribution in [0.25, 0.3) is 10.8 Å². The van der Waals surface area contributed by atoms with Crippen molar-refractivity contribution in [1.82, 2.24) is 0 Å². The molecular weight excluding hydrogens is 376 g/mol. The molecule has 1 fully saturated rings. The fourth-order valence-electron chi connectivity index (χ4n) is 4.05. The molecule has 3 aromatic carbocycles. The van der Waals surface area contributed by atoms with E-state index in [2.05, 4.69) is 29.6 Å². The Morgan fingerprint density at radius 2 is 1.61 bits per heavy atom. The molecule has 0 aromatic heterocycles. The molecule has 7 heteroatoms. The Morgan fingerprint density at radius 1 is 0.929 bits per heavy atom. The monoisotopic (exact) mass is 400 g/mol. The van der Waals surface area contributed by atoms with Gasteiger partial charge in [-0.15, -0.1) is 0 Å². The fraction of sp³-hybridized carbons (Fsp3) is 0.238. The standard InChI is InChI=1S/C11H14N2.C10H8O3S.H2O/c12-9-6-5-8-7-3-1-2-4-10(7)13-11(8)9;11-14(12,13)10-6-5-8-3-1-2-4-9(8)7-10;/h1-4,8-9,11,13H,5-6,12H2;1-7H,(H,11,12,13);1H2. The molecule has 6 nitrogen and oxygen atoms in total. The van der Waals surface area contributed by atoms with Crippen molar-refractivity contribution in [1.29, 1.82) is 0 Å². The first-order valence-electron chi connectivity index (χ1n) is 9.01. The highest BCUT2D eigenvalue weighted by Gasteiger charge is 2.40. The van der Waals surface area contributed by atoms with E-state index < -0.39 is 10.1 Å². The van der Waals surface area contributed by atoms with Gasteiger partial charge in [0, 0.05) is 23.7 Å². The molecule has 3 atom stereocenters. The van der Waals surface area contributed by atoms with Crippen LogP contribution in [0.5, 0.6) is 0 Å². The Morgan fingerprint density at radius 3 is 2.36 bits per heavy atom. The molecule has 1 aliphatic heterocycles. The Kier molecular flexibility index (Phi) is 5.71. The lowest BCUT2D eigenvalue weighted by Gasteiger charge is -2.14. The summed E-state index contributed by atoms with van der Waals surface area (Å²) in [6, 6.07) is 21.3. The lowest BCUT2D eigenvalue weighted by molar-refractivity contribution is 0.483. The first-order chi connectivity index (χ1) is 12.9. The molecule has 0 radical (unpaired) electrons. The highest BCUT2D eigenvalue weighted by atomic mass is 32.2. The number of hydrogen-bond donors (Lipinski definition) is 3. The number of nitrogens with two attached hydrogens (primary N) is 1. The molecule has 0 saturated heterocycles. The van der Waals surface area contributed by atoms with Gasteiger partial charge in [-0.1, -0.05) is 48.5 Å². The summed E-state index contributed by atoms with van der Waals surface area (Å²) in [7, 11) is -4.09. The van der Waals surface area contributed by atoms with Gasteiger partial charge in [0.2, 0.25) is 0 Å². The van der Waals surface area contributed by atoms with Gasteiger partial charge in [0.1, 0.15) is 0 Å². The van der Waals surface area contributed by atoms with Crippen LogP contribution in [-0.2, 0) is 10.1 Å². The van der Waals surface area contributed by atoms with Crippen molar-refractivity contribution in [3.05, 3.63) is 72.3 Å². The Balaban J connectivity index is 0.000000155. The van der Waals surface area contributed by atoms with E-state index in [1.54, 1.807) is 12.1 Å². The van der Waals surface area contributed by atoms with Crippen LogP contribution >= 0.6 is 0 Å². The van der Waals surface area contributed by atoms with Crippen LogP contribution < -0.4 is 11.1 Å². The van der Waals surface area contributed by atoms with E-state index in [0.717, 1.165) is 17.2 Å². The third kappa shape index (κ3) is 3.88. The summed E-state index contributed by atoms with van der Waals surface area (Å²) in [5.74, 6) is 0.672. The highest BCUT2D eigenvalue weighted by molar-refractivity contribution is 7.85. The third-order valence-electron chi connectivity index (χ3n) is 5.41. The molecule has 148 valence electrons. The third-order valence-corrected chi connectivity index (χ3v) is 6.26. The van der Waals surface area contributed by atoms with Crippen molar-refractivity contribution < 1.29 is 18.4 Å². The second kappa shape index (κ2) is 7.89. The number of benzene rings is 3. The van der Waals surface area contributed by atoms with Crippen LogP contribution in [0, 0.1) is 0 Å². The van der Waals surface area contributed by atoms with E-state index in [1.165, 1.54) is 29.8 Å². The van der Waals surface area contributed by atoms with Crippen LogP contribution in [0.15, 0.2) is 71.6 Å². The summed E-state index contributed by atoms with van der Waals surface area (Å²) in [6.07, 6.45) is 2.41. The van der Waals surface area contributed by atoms with Gasteiger partial charge in [0.15, 0.2) is 0 Å². The molecule has 6 N–H and O–H groups in total. The first kappa shape index (κ1) is 20.3. The second-order valence-electron chi connectivity index (χ2n) is 7.09. The summed E-state index contributed by atoms with van der Waals surface area (Å²) >= 11 is 0.